The summed E-state index contributed by atoms with van der Waals surface area (Å²) in [6.45, 7) is 0.0426. The summed E-state index contributed by atoms with van der Waals surface area (Å²) in [4.78, 5) is 30.2. The van der Waals surface area contributed by atoms with Crippen LogP contribution in [0.25, 0.3) is 0 Å². The molecule has 0 bridgehead atoms. The van der Waals surface area contributed by atoms with E-state index in [1.807, 2.05) is 0 Å². The quantitative estimate of drug-likeness (QED) is 0.794. The molecule has 0 radical (unpaired) electrons. The first-order chi connectivity index (χ1) is 10.2. The number of carbonyl (C=O) groups excluding carboxylic acids is 2. The van der Waals surface area contributed by atoms with Crippen molar-refractivity contribution in [3.8, 4) is 11.6 Å². The van der Waals surface area contributed by atoms with E-state index in [9.17, 15) is 9.59 Å². The van der Waals surface area contributed by atoms with Gasteiger partial charge >= 0.3 is 0 Å². The molecule has 0 fully saturated rings. The van der Waals surface area contributed by atoms with Crippen LogP contribution in [-0.2, 0) is 6.61 Å². The molecular formula is C14H13N3O4. The minimum Gasteiger partial charge on any atom is -0.486 e. The van der Waals surface area contributed by atoms with Gasteiger partial charge in [-0.2, -0.15) is 0 Å². The molecule has 2 heterocycles. The molecule has 7 heteroatoms. The molecular weight excluding hydrogens is 274 g/mol. The largest absolute Gasteiger partial charge is 0.486 e. The number of hydrogen-bond donors (Lipinski definition) is 1. The van der Waals surface area contributed by atoms with E-state index < -0.39 is 5.91 Å². The highest BCUT2D eigenvalue weighted by molar-refractivity contribution is 5.92. The highest BCUT2D eigenvalue weighted by atomic mass is 16.5. The third-order valence-corrected chi connectivity index (χ3v) is 2.72. The Balaban J connectivity index is 2.21. The molecule has 2 N–H and O–H groups in total. The summed E-state index contributed by atoms with van der Waals surface area (Å²) in [6.07, 6.45) is 3.48. The Kier molecular flexibility index (Phi) is 4.45. The summed E-state index contributed by atoms with van der Waals surface area (Å²) in [5.41, 5.74) is 6.19. The van der Waals surface area contributed by atoms with Crippen LogP contribution in [0.15, 0.2) is 30.6 Å². The zero-order valence-electron chi connectivity index (χ0n) is 11.3. The number of nitrogens with two attached hydrogens (primary N) is 1. The van der Waals surface area contributed by atoms with Crippen LogP contribution < -0.4 is 15.2 Å². The lowest BCUT2D eigenvalue weighted by Crippen LogP contribution is -2.16. The van der Waals surface area contributed by atoms with Crippen molar-refractivity contribution in [3.05, 3.63) is 47.4 Å². The SMILES string of the molecule is COc1cc(C=O)c(OCc2cccnc2C(N)=O)cn1. The second kappa shape index (κ2) is 6.47. The van der Waals surface area contributed by atoms with Crippen LogP contribution in [0.5, 0.6) is 11.6 Å². The van der Waals surface area contributed by atoms with Gasteiger partial charge in [0, 0.05) is 17.8 Å². The molecule has 0 aliphatic rings. The monoisotopic (exact) mass is 287 g/mol. The Morgan fingerprint density at radius 3 is 2.90 bits per heavy atom. The molecule has 21 heavy (non-hydrogen) atoms. The number of methoxy groups -OCH3 is 1. The summed E-state index contributed by atoms with van der Waals surface area (Å²) < 4.78 is 10.4. The topological polar surface area (TPSA) is 104 Å². The van der Waals surface area contributed by atoms with Crippen molar-refractivity contribution in [1.29, 1.82) is 0 Å². The molecule has 0 unspecified atom stereocenters. The Hall–Kier alpha value is -2.96. The van der Waals surface area contributed by atoms with Crippen LogP contribution >= 0.6 is 0 Å². The number of hydrogen-bond acceptors (Lipinski definition) is 6. The van der Waals surface area contributed by atoms with Gasteiger partial charge in [-0.1, -0.05) is 6.07 Å². The first-order valence-electron chi connectivity index (χ1n) is 6.01. The lowest BCUT2D eigenvalue weighted by molar-refractivity contribution is 0.0992. The zero-order chi connectivity index (χ0) is 15.2. The number of primary amides is 1. The summed E-state index contributed by atoms with van der Waals surface area (Å²) in [6, 6.07) is 4.79. The van der Waals surface area contributed by atoms with Gasteiger partial charge in [-0.25, -0.2) is 4.98 Å². The molecule has 0 spiro atoms. The molecule has 108 valence electrons. The summed E-state index contributed by atoms with van der Waals surface area (Å²) in [5, 5.41) is 0. The lowest BCUT2D eigenvalue weighted by Gasteiger charge is -2.10. The average molecular weight is 287 g/mol. The molecule has 2 rings (SSSR count). The number of amides is 1. The number of rotatable bonds is 6. The van der Waals surface area contributed by atoms with Crippen molar-refractivity contribution in [1.82, 2.24) is 9.97 Å². The van der Waals surface area contributed by atoms with E-state index in [4.69, 9.17) is 15.2 Å². The number of aldehydes is 1. The maximum Gasteiger partial charge on any atom is 0.267 e. The van der Waals surface area contributed by atoms with E-state index in [1.165, 1.54) is 25.6 Å². The zero-order valence-corrected chi connectivity index (χ0v) is 11.3. The van der Waals surface area contributed by atoms with Crippen LogP contribution in [0.1, 0.15) is 26.4 Å². The van der Waals surface area contributed by atoms with Gasteiger partial charge in [0.2, 0.25) is 5.88 Å². The van der Waals surface area contributed by atoms with E-state index in [2.05, 4.69) is 9.97 Å². The molecule has 0 saturated heterocycles. The van der Waals surface area contributed by atoms with E-state index in [-0.39, 0.29) is 18.1 Å². The highest BCUT2D eigenvalue weighted by Crippen LogP contribution is 2.21. The predicted molar refractivity (Wildman–Crippen MR) is 73.3 cm³/mol. The second-order valence-corrected chi connectivity index (χ2v) is 4.05. The van der Waals surface area contributed by atoms with E-state index >= 15 is 0 Å². The fraction of sp³-hybridized carbons (Fsp3) is 0.143. The van der Waals surface area contributed by atoms with Gasteiger partial charge in [-0.15, -0.1) is 0 Å². The first-order valence-corrected chi connectivity index (χ1v) is 6.01. The Morgan fingerprint density at radius 1 is 1.43 bits per heavy atom. The molecule has 2 aromatic heterocycles. The Labute approximate surface area is 120 Å². The number of pyridine rings is 2. The van der Waals surface area contributed by atoms with Gasteiger partial charge in [0.25, 0.3) is 5.91 Å². The number of nitrogens with zero attached hydrogens (tertiary/aromatic N) is 2. The van der Waals surface area contributed by atoms with Crippen molar-refractivity contribution < 1.29 is 19.1 Å². The van der Waals surface area contributed by atoms with Gasteiger partial charge in [0.15, 0.2) is 6.29 Å². The lowest BCUT2D eigenvalue weighted by atomic mass is 10.2. The second-order valence-electron chi connectivity index (χ2n) is 4.05. The number of ether oxygens (including phenoxy) is 2. The summed E-state index contributed by atoms with van der Waals surface area (Å²) >= 11 is 0. The number of aromatic nitrogens is 2. The molecule has 7 nitrogen and oxygen atoms in total. The van der Waals surface area contributed by atoms with Crippen LogP contribution in [0.3, 0.4) is 0 Å². The van der Waals surface area contributed by atoms with Crippen LogP contribution in [-0.4, -0.2) is 29.3 Å². The Bertz CT molecular complexity index is 673. The standard InChI is InChI=1S/C14H13N3O4/c1-20-12-5-10(7-18)11(6-17-12)21-8-9-3-2-4-16-13(9)14(15)19/h2-7H,8H2,1H3,(H2,15,19). The highest BCUT2D eigenvalue weighted by Gasteiger charge is 2.11. The predicted octanol–water partition coefficient (Wildman–Crippen LogP) is 0.976. The van der Waals surface area contributed by atoms with Crippen LogP contribution in [0.4, 0.5) is 0 Å². The van der Waals surface area contributed by atoms with Crippen molar-refractivity contribution in [2.24, 2.45) is 5.73 Å². The molecule has 0 aromatic carbocycles. The van der Waals surface area contributed by atoms with Gasteiger partial charge in [-0.05, 0) is 6.07 Å². The van der Waals surface area contributed by atoms with Crippen molar-refractivity contribution in [3.63, 3.8) is 0 Å². The molecule has 0 atom stereocenters. The van der Waals surface area contributed by atoms with Crippen molar-refractivity contribution in [2.45, 2.75) is 6.61 Å². The fourth-order valence-electron chi connectivity index (χ4n) is 1.69. The third kappa shape index (κ3) is 3.33. The molecule has 2 aromatic rings. The van der Waals surface area contributed by atoms with E-state index in [0.717, 1.165) is 0 Å². The van der Waals surface area contributed by atoms with E-state index in [0.29, 0.717) is 23.3 Å². The maximum atomic E-state index is 11.3. The minimum atomic E-state index is -0.641. The van der Waals surface area contributed by atoms with Crippen molar-refractivity contribution >= 4 is 12.2 Å². The van der Waals surface area contributed by atoms with Gasteiger partial charge in [0.05, 0.1) is 18.9 Å². The van der Waals surface area contributed by atoms with Gasteiger partial charge < -0.3 is 15.2 Å². The smallest absolute Gasteiger partial charge is 0.267 e. The normalized spacial score (nSPS) is 9.95. The molecule has 0 aliphatic heterocycles. The van der Waals surface area contributed by atoms with Gasteiger partial charge in [0.1, 0.15) is 18.1 Å². The maximum absolute atomic E-state index is 11.3. The molecule has 0 aliphatic carbocycles. The average Bonchev–Trinajstić information content (AvgIpc) is 2.52. The van der Waals surface area contributed by atoms with Crippen LogP contribution in [0, 0.1) is 0 Å². The summed E-state index contributed by atoms with van der Waals surface area (Å²) in [5.74, 6) is -0.0496. The van der Waals surface area contributed by atoms with Crippen molar-refractivity contribution in [2.75, 3.05) is 7.11 Å². The van der Waals surface area contributed by atoms with E-state index in [1.54, 1.807) is 12.1 Å². The third-order valence-electron chi connectivity index (χ3n) is 2.72. The Morgan fingerprint density at radius 2 is 2.24 bits per heavy atom. The first kappa shape index (κ1) is 14.4. The van der Waals surface area contributed by atoms with Gasteiger partial charge in [-0.3, -0.25) is 14.6 Å². The molecule has 1 amide bonds. The summed E-state index contributed by atoms with van der Waals surface area (Å²) in [7, 11) is 1.45. The molecule has 0 saturated carbocycles. The minimum absolute atomic E-state index is 0.0426. The fourth-order valence-corrected chi connectivity index (χ4v) is 1.69. The number of carbonyl (C=O) groups is 2. The van der Waals surface area contributed by atoms with Crippen LogP contribution in [0.2, 0.25) is 0 Å².